The SMILES string of the molecule is CCN(CC)CCOc1ccc2c(-c3ccccc3)c(C)oc2c1.Cl. The topological polar surface area (TPSA) is 25.6 Å². The number of fused-ring (bicyclic) bond motifs is 1. The van der Waals surface area contributed by atoms with Crippen LogP contribution in [0.5, 0.6) is 5.75 Å². The van der Waals surface area contributed by atoms with Gasteiger partial charge in [-0.3, -0.25) is 0 Å². The predicted molar refractivity (Wildman–Crippen MR) is 107 cm³/mol. The first kappa shape index (κ1) is 19.4. The number of benzene rings is 2. The molecule has 0 unspecified atom stereocenters. The molecule has 134 valence electrons. The number of aryl methyl sites for hydroxylation is 1. The van der Waals surface area contributed by atoms with Crippen LogP contribution in [0.2, 0.25) is 0 Å². The number of furan rings is 1. The highest BCUT2D eigenvalue weighted by Crippen LogP contribution is 2.35. The third kappa shape index (κ3) is 4.36. The van der Waals surface area contributed by atoms with Gasteiger partial charge in [-0.1, -0.05) is 44.2 Å². The van der Waals surface area contributed by atoms with Crippen LogP contribution < -0.4 is 4.74 Å². The molecule has 3 aromatic rings. The van der Waals surface area contributed by atoms with Crippen molar-refractivity contribution < 1.29 is 9.15 Å². The third-order valence-electron chi connectivity index (χ3n) is 4.47. The molecule has 0 radical (unpaired) electrons. The zero-order valence-electron chi connectivity index (χ0n) is 15.1. The molecule has 2 aromatic carbocycles. The zero-order chi connectivity index (χ0) is 16.9. The van der Waals surface area contributed by atoms with E-state index in [-0.39, 0.29) is 12.4 Å². The summed E-state index contributed by atoms with van der Waals surface area (Å²) in [6.07, 6.45) is 0. The van der Waals surface area contributed by atoms with E-state index in [1.54, 1.807) is 0 Å². The van der Waals surface area contributed by atoms with Gasteiger partial charge in [0.2, 0.25) is 0 Å². The van der Waals surface area contributed by atoms with Gasteiger partial charge in [-0.15, -0.1) is 12.4 Å². The molecule has 0 bridgehead atoms. The van der Waals surface area contributed by atoms with Crippen LogP contribution in [0.3, 0.4) is 0 Å². The van der Waals surface area contributed by atoms with Crippen molar-refractivity contribution in [1.82, 2.24) is 4.90 Å². The van der Waals surface area contributed by atoms with E-state index < -0.39 is 0 Å². The molecule has 0 N–H and O–H groups in total. The fraction of sp³-hybridized carbons (Fsp3) is 0.333. The lowest BCUT2D eigenvalue weighted by molar-refractivity contribution is 0.223. The average molecular weight is 360 g/mol. The Morgan fingerprint density at radius 2 is 1.72 bits per heavy atom. The standard InChI is InChI=1S/C21H25NO2.ClH/c1-4-22(5-2)13-14-23-18-11-12-19-20(15-18)24-16(3)21(19)17-9-7-6-8-10-17;/h6-12,15H,4-5,13-14H2,1-3H3;1H. The van der Waals surface area contributed by atoms with Crippen LogP contribution in [-0.4, -0.2) is 31.1 Å². The van der Waals surface area contributed by atoms with E-state index in [4.69, 9.17) is 9.15 Å². The number of hydrogen-bond donors (Lipinski definition) is 0. The Kier molecular flexibility index (Phi) is 6.91. The molecular weight excluding hydrogens is 334 g/mol. The molecule has 0 spiro atoms. The van der Waals surface area contributed by atoms with E-state index in [0.29, 0.717) is 6.61 Å². The molecule has 0 saturated heterocycles. The summed E-state index contributed by atoms with van der Waals surface area (Å²) in [4.78, 5) is 2.35. The Hall–Kier alpha value is -1.97. The molecule has 0 saturated carbocycles. The smallest absolute Gasteiger partial charge is 0.138 e. The number of ether oxygens (including phenoxy) is 1. The van der Waals surface area contributed by atoms with Crippen molar-refractivity contribution in [3.05, 3.63) is 54.3 Å². The first-order valence-corrected chi connectivity index (χ1v) is 8.66. The quantitative estimate of drug-likeness (QED) is 0.553. The molecule has 25 heavy (non-hydrogen) atoms. The van der Waals surface area contributed by atoms with Gasteiger partial charge in [0.15, 0.2) is 0 Å². The minimum absolute atomic E-state index is 0. The van der Waals surface area contributed by atoms with Gasteiger partial charge < -0.3 is 14.1 Å². The van der Waals surface area contributed by atoms with Crippen molar-refractivity contribution >= 4 is 23.4 Å². The summed E-state index contributed by atoms with van der Waals surface area (Å²) in [6.45, 7) is 10.1. The van der Waals surface area contributed by atoms with Crippen LogP contribution >= 0.6 is 12.4 Å². The molecule has 0 atom stereocenters. The van der Waals surface area contributed by atoms with E-state index in [2.05, 4.69) is 49.1 Å². The van der Waals surface area contributed by atoms with Gasteiger partial charge in [-0.25, -0.2) is 0 Å². The minimum Gasteiger partial charge on any atom is -0.492 e. The Balaban J connectivity index is 0.00000225. The van der Waals surface area contributed by atoms with Gasteiger partial charge in [0.05, 0.1) is 0 Å². The maximum absolute atomic E-state index is 5.97. The molecule has 1 heterocycles. The molecule has 3 rings (SSSR count). The van der Waals surface area contributed by atoms with Gasteiger partial charge in [0.1, 0.15) is 23.7 Å². The molecule has 0 aliphatic carbocycles. The monoisotopic (exact) mass is 359 g/mol. The first-order valence-electron chi connectivity index (χ1n) is 8.66. The Labute approximate surface area is 156 Å². The van der Waals surface area contributed by atoms with Gasteiger partial charge in [0, 0.05) is 23.6 Å². The molecule has 0 fully saturated rings. The van der Waals surface area contributed by atoms with Crippen LogP contribution in [0.1, 0.15) is 19.6 Å². The molecular formula is C21H26ClNO2. The summed E-state index contributed by atoms with van der Waals surface area (Å²) in [6, 6.07) is 16.5. The van der Waals surface area contributed by atoms with Crippen molar-refractivity contribution in [1.29, 1.82) is 0 Å². The average Bonchev–Trinajstić information content (AvgIpc) is 2.94. The van der Waals surface area contributed by atoms with E-state index in [9.17, 15) is 0 Å². The number of nitrogens with zero attached hydrogens (tertiary/aromatic N) is 1. The second kappa shape index (κ2) is 8.93. The first-order chi connectivity index (χ1) is 11.7. The minimum atomic E-state index is 0. The van der Waals surface area contributed by atoms with Crippen molar-refractivity contribution in [3.63, 3.8) is 0 Å². The summed E-state index contributed by atoms with van der Waals surface area (Å²) >= 11 is 0. The molecule has 3 nitrogen and oxygen atoms in total. The predicted octanol–water partition coefficient (Wildman–Crippen LogP) is 5.55. The van der Waals surface area contributed by atoms with Crippen LogP contribution in [0.4, 0.5) is 0 Å². The number of rotatable bonds is 7. The Morgan fingerprint density at radius 3 is 2.40 bits per heavy atom. The van der Waals surface area contributed by atoms with Crippen molar-refractivity contribution in [2.24, 2.45) is 0 Å². The summed E-state index contributed by atoms with van der Waals surface area (Å²) in [5.74, 6) is 1.81. The normalized spacial score (nSPS) is 10.9. The molecule has 4 heteroatoms. The molecule has 1 aromatic heterocycles. The maximum atomic E-state index is 5.97. The lowest BCUT2D eigenvalue weighted by atomic mass is 10.0. The van der Waals surface area contributed by atoms with E-state index in [1.807, 2.05) is 25.1 Å². The highest BCUT2D eigenvalue weighted by Gasteiger charge is 2.13. The van der Waals surface area contributed by atoms with Gasteiger partial charge in [0.25, 0.3) is 0 Å². The van der Waals surface area contributed by atoms with Gasteiger partial charge >= 0.3 is 0 Å². The van der Waals surface area contributed by atoms with Crippen molar-refractivity contribution in [2.75, 3.05) is 26.2 Å². The van der Waals surface area contributed by atoms with Gasteiger partial charge in [-0.2, -0.15) is 0 Å². The summed E-state index contributed by atoms with van der Waals surface area (Å²) in [5.41, 5.74) is 3.23. The third-order valence-corrected chi connectivity index (χ3v) is 4.47. The zero-order valence-corrected chi connectivity index (χ0v) is 15.9. The fourth-order valence-corrected chi connectivity index (χ4v) is 3.09. The highest BCUT2D eigenvalue weighted by atomic mass is 35.5. The van der Waals surface area contributed by atoms with Crippen LogP contribution in [0, 0.1) is 6.92 Å². The number of hydrogen-bond acceptors (Lipinski definition) is 3. The van der Waals surface area contributed by atoms with Gasteiger partial charge in [-0.05, 0) is 37.7 Å². The second-order valence-electron chi connectivity index (χ2n) is 5.93. The maximum Gasteiger partial charge on any atom is 0.138 e. The lowest BCUT2D eigenvalue weighted by Gasteiger charge is -2.17. The van der Waals surface area contributed by atoms with E-state index >= 15 is 0 Å². The fourth-order valence-electron chi connectivity index (χ4n) is 3.09. The summed E-state index contributed by atoms with van der Waals surface area (Å²) in [5, 5.41) is 1.13. The Morgan fingerprint density at radius 1 is 1.00 bits per heavy atom. The van der Waals surface area contributed by atoms with Crippen molar-refractivity contribution in [2.45, 2.75) is 20.8 Å². The van der Waals surface area contributed by atoms with E-state index in [0.717, 1.165) is 42.1 Å². The second-order valence-corrected chi connectivity index (χ2v) is 5.93. The van der Waals surface area contributed by atoms with Crippen molar-refractivity contribution in [3.8, 4) is 16.9 Å². The lowest BCUT2D eigenvalue weighted by Crippen LogP contribution is -2.27. The summed E-state index contributed by atoms with van der Waals surface area (Å²) < 4.78 is 11.9. The number of halogens is 1. The molecule has 0 aliphatic heterocycles. The largest absolute Gasteiger partial charge is 0.492 e. The summed E-state index contributed by atoms with van der Waals surface area (Å²) in [7, 11) is 0. The Bertz CT molecular complexity index is 794. The molecule has 0 aliphatic rings. The van der Waals surface area contributed by atoms with E-state index in [1.165, 1.54) is 11.1 Å². The number of likely N-dealkylation sites (N-methyl/N-ethyl adjacent to an activating group) is 1. The van der Waals surface area contributed by atoms with Crippen LogP contribution in [0.15, 0.2) is 52.9 Å². The van der Waals surface area contributed by atoms with Crippen LogP contribution in [0.25, 0.3) is 22.1 Å². The molecule has 0 amide bonds. The van der Waals surface area contributed by atoms with Crippen LogP contribution in [-0.2, 0) is 0 Å². The highest BCUT2D eigenvalue weighted by molar-refractivity contribution is 5.96.